The van der Waals surface area contributed by atoms with Gasteiger partial charge in [-0.1, -0.05) is 18.2 Å². The van der Waals surface area contributed by atoms with Crippen molar-refractivity contribution in [2.24, 2.45) is 4.99 Å². The summed E-state index contributed by atoms with van der Waals surface area (Å²) in [4.78, 5) is 9.85. The fraction of sp³-hybridized carbons (Fsp3) is 0.200. The first-order valence-corrected chi connectivity index (χ1v) is 8.00. The summed E-state index contributed by atoms with van der Waals surface area (Å²) in [6, 6.07) is 12.0. The van der Waals surface area contributed by atoms with Crippen molar-refractivity contribution in [1.82, 2.24) is 4.98 Å². The molecule has 0 fully saturated rings. The largest absolute Gasteiger partial charge is 0.396 e. The van der Waals surface area contributed by atoms with Gasteiger partial charge in [0.1, 0.15) is 0 Å². The van der Waals surface area contributed by atoms with E-state index >= 15 is 0 Å². The molecular formula is C15H15BrN2OS. The molecule has 2 rings (SSSR count). The molecule has 0 amide bonds. The summed E-state index contributed by atoms with van der Waals surface area (Å²) >= 11 is 4.99. The van der Waals surface area contributed by atoms with Crippen LogP contribution in [0.2, 0.25) is 0 Å². The van der Waals surface area contributed by atoms with Crippen molar-refractivity contribution in [2.45, 2.75) is 11.4 Å². The molecule has 1 aromatic carbocycles. The van der Waals surface area contributed by atoms with Gasteiger partial charge in [0.25, 0.3) is 0 Å². The lowest BCUT2D eigenvalue weighted by Gasteiger charge is -2.03. The minimum Gasteiger partial charge on any atom is -0.396 e. The van der Waals surface area contributed by atoms with Crippen LogP contribution in [0.3, 0.4) is 0 Å². The van der Waals surface area contributed by atoms with Crippen LogP contribution >= 0.6 is 27.7 Å². The van der Waals surface area contributed by atoms with Crippen LogP contribution in [0.15, 0.2) is 57.0 Å². The lowest BCUT2D eigenvalue weighted by atomic mass is 10.2. The quantitative estimate of drug-likeness (QED) is 0.640. The summed E-state index contributed by atoms with van der Waals surface area (Å²) in [5.74, 6) is 0.694. The normalized spacial score (nSPS) is 11.1. The van der Waals surface area contributed by atoms with Crippen LogP contribution < -0.4 is 0 Å². The predicted octanol–water partition coefficient (Wildman–Crippen LogP) is 3.55. The van der Waals surface area contributed by atoms with E-state index in [1.54, 1.807) is 18.0 Å². The van der Waals surface area contributed by atoms with Crippen molar-refractivity contribution in [3.63, 3.8) is 0 Å². The van der Waals surface area contributed by atoms with Gasteiger partial charge in [-0.05, 0) is 34.1 Å². The highest BCUT2D eigenvalue weighted by Gasteiger charge is 1.99. The first kappa shape index (κ1) is 15.2. The molecule has 5 heteroatoms. The van der Waals surface area contributed by atoms with Gasteiger partial charge < -0.3 is 5.11 Å². The summed E-state index contributed by atoms with van der Waals surface area (Å²) in [5.41, 5.74) is 2.01. The zero-order chi connectivity index (χ0) is 14.2. The molecule has 0 atom stereocenters. The number of benzene rings is 1. The van der Waals surface area contributed by atoms with E-state index < -0.39 is 0 Å². The van der Waals surface area contributed by atoms with Gasteiger partial charge in [0.15, 0.2) is 0 Å². The Morgan fingerprint density at radius 3 is 2.85 bits per heavy atom. The van der Waals surface area contributed by atoms with Crippen LogP contribution in [0.25, 0.3) is 0 Å². The molecule has 104 valence electrons. The maximum absolute atomic E-state index is 8.90. The number of aliphatic hydroxyl groups is 1. The Balaban J connectivity index is 2.01. The maximum atomic E-state index is 8.90. The van der Waals surface area contributed by atoms with E-state index in [4.69, 9.17) is 5.11 Å². The molecule has 0 aliphatic heterocycles. The Bertz CT molecular complexity index is 572. The molecule has 2 aromatic rings. The van der Waals surface area contributed by atoms with Crippen molar-refractivity contribution in [3.05, 3.63) is 58.3 Å². The fourth-order valence-electron chi connectivity index (χ4n) is 1.61. The van der Waals surface area contributed by atoms with Crippen LogP contribution in [0.4, 0.5) is 0 Å². The number of hydrogen-bond acceptors (Lipinski definition) is 4. The molecular weight excluding hydrogens is 336 g/mol. The molecule has 1 aromatic heterocycles. The Labute approximate surface area is 131 Å². The first-order valence-electron chi connectivity index (χ1n) is 6.22. The Morgan fingerprint density at radius 2 is 2.10 bits per heavy atom. The minimum atomic E-state index is 0.180. The highest BCUT2D eigenvalue weighted by molar-refractivity contribution is 9.10. The number of nitrogens with zero attached hydrogens (tertiary/aromatic N) is 2. The summed E-state index contributed by atoms with van der Waals surface area (Å²) in [6.45, 7) is 0.741. The number of aliphatic imine (C=N–C) groups is 1. The predicted molar refractivity (Wildman–Crippen MR) is 87.5 cm³/mol. The number of halogens is 1. The lowest BCUT2D eigenvalue weighted by Crippen LogP contribution is -1.92. The molecule has 0 saturated carbocycles. The van der Waals surface area contributed by atoms with Gasteiger partial charge in [0.2, 0.25) is 0 Å². The van der Waals surface area contributed by atoms with E-state index in [-0.39, 0.29) is 6.61 Å². The summed E-state index contributed by atoms with van der Waals surface area (Å²) in [7, 11) is 0. The number of thioether (sulfide) groups is 1. The average Bonchev–Trinajstić information content (AvgIpc) is 2.48. The number of pyridine rings is 1. The fourth-order valence-corrected chi connectivity index (χ4v) is 2.62. The third kappa shape index (κ3) is 4.74. The molecule has 0 aliphatic carbocycles. The monoisotopic (exact) mass is 350 g/mol. The Morgan fingerprint density at radius 1 is 1.25 bits per heavy atom. The van der Waals surface area contributed by atoms with E-state index in [0.717, 1.165) is 20.6 Å². The van der Waals surface area contributed by atoms with Gasteiger partial charge in [-0.3, -0.25) is 9.98 Å². The van der Waals surface area contributed by atoms with Crippen LogP contribution in [-0.2, 0) is 6.54 Å². The second-order valence-electron chi connectivity index (χ2n) is 4.05. The molecule has 0 radical (unpaired) electrons. The second kappa shape index (κ2) is 8.19. The van der Waals surface area contributed by atoms with Gasteiger partial charge in [0.05, 0.1) is 18.8 Å². The van der Waals surface area contributed by atoms with Crippen molar-refractivity contribution < 1.29 is 5.11 Å². The van der Waals surface area contributed by atoms with Crippen molar-refractivity contribution in [3.8, 4) is 0 Å². The first-order chi connectivity index (χ1) is 9.79. The van der Waals surface area contributed by atoms with Crippen LogP contribution in [0.5, 0.6) is 0 Å². The van der Waals surface area contributed by atoms with E-state index in [9.17, 15) is 0 Å². The van der Waals surface area contributed by atoms with Gasteiger partial charge in [-0.15, -0.1) is 11.8 Å². The molecule has 1 heterocycles. The van der Waals surface area contributed by atoms with Crippen LogP contribution in [0.1, 0.15) is 11.3 Å². The van der Waals surface area contributed by atoms with Crippen molar-refractivity contribution >= 4 is 33.9 Å². The van der Waals surface area contributed by atoms with Gasteiger partial charge in [-0.2, -0.15) is 0 Å². The molecule has 0 bridgehead atoms. The topological polar surface area (TPSA) is 45.5 Å². The minimum absolute atomic E-state index is 0.180. The maximum Gasteiger partial charge on any atom is 0.0811 e. The molecule has 0 unspecified atom stereocenters. The average molecular weight is 351 g/mol. The number of rotatable bonds is 6. The van der Waals surface area contributed by atoms with Crippen molar-refractivity contribution in [1.29, 1.82) is 0 Å². The van der Waals surface area contributed by atoms with Gasteiger partial charge in [0, 0.05) is 33.1 Å². The standard InChI is InChI=1S/C15H15BrN2OS/c16-13-5-6-14(18-10-13)11-17-9-12-3-1-2-4-15(12)20-8-7-19/h1-6,9-10,19H,7-8,11H2. The number of hydrogen-bond donors (Lipinski definition) is 1. The Kier molecular flexibility index (Phi) is 6.24. The van der Waals surface area contributed by atoms with E-state index in [1.165, 1.54) is 0 Å². The summed E-state index contributed by atoms with van der Waals surface area (Å²) < 4.78 is 0.968. The molecule has 0 spiro atoms. The lowest BCUT2D eigenvalue weighted by molar-refractivity contribution is 0.322. The van der Waals surface area contributed by atoms with Crippen LogP contribution in [-0.4, -0.2) is 28.7 Å². The third-order valence-electron chi connectivity index (χ3n) is 2.54. The van der Waals surface area contributed by atoms with Crippen LogP contribution in [0, 0.1) is 0 Å². The third-order valence-corrected chi connectivity index (χ3v) is 4.08. The highest BCUT2D eigenvalue weighted by Crippen LogP contribution is 2.20. The summed E-state index contributed by atoms with van der Waals surface area (Å²) in [5, 5.41) is 8.90. The summed E-state index contributed by atoms with van der Waals surface area (Å²) in [6.07, 6.45) is 3.64. The zero-order valence-electron chi connectivity index (χ0n) is 10.9. The van der Waals surface area contributed by atoms with Gasteiger partial charge in [-0.25, -0.2) is 0 Å². The molecule has 0 aliphatic rings. The zero-order valence-corrected chi connectivity index (χ0v) is 13.3. The van der Waals surface area contributed by atoms with E-state index in [0.29, 0.717) is 12.3 Å². The molecule has 20 heavy (non-hydrogen) atoms. The molecule has 0 saturated heterocycles. The number of aliphatic hydroxyl groups excluding tert-OH is 1. The Hall–Kier alpha value is -1.17. The molecule has 1 N–H and O–H groups in total. The van der Waals surface area contributed by atoms with Gasteiger partial charge >= 0.3 is 0 Å². The SMILES string of the molecule is OCCSc1ccccc1C=NCc1ccc(Br)cn1. The second-order valence-corrected chi connectivity index (χ2v) is 6.10. The highest BCUT2D eigenvalue weighted by atomic mass is 79.9. The van der Waals surface area contributed by atoms with E-state index in [1.807, 2.05) is 42.6 Å². The van der Waals surface area contributed by atoms with Crippen molar-refractivity contribution in [2.75, 3.05) is 12.4 Å². The smallest absolute Gasteiger partial charge is 0.0811 e. The number of aromatic nitrogens is 1. The van der Waals surface area contributed by atoms with E-state index in [2.05, 4.69) is 25.9 Å². The molecule has 3 nitrogen and oxygen atoms in total.